The molecule has 0 aromatic rings. The summed E-state index contributed by atoms with van der Waals surface area (Å²) < 4.78 is 16.3. The molecule has 160 valence electrons. The molecule has 0 bridgehead atoms. The quantitative estimate of drug-likeness (QED) is 0.312. The van der Waals surface area contributed by atoms with Crippen LogP contribution in [0.5, 0.6) is 0 Å². The Morgan fingerprint density at radius 3 is 2.11 bits per heavy atom. The average Bonchev–Trinajstić information content (AvgIpc) is 2.64. The van der Waals surface area contributed by atoms with Gasteiger partial charge in [-0.05, 0) is 38.5 Å². The zero-order chi connectivity index (χ0) is 20.2. The third-order valence-electron chi connectivity index (χ3n) is 4.14. The van der Waals surface area contributed by atoms with Crippen molar-refractivity contribution in [1.82, 2.24) is 5.32 Å². The van der Waals surface area contributed by atoms with Crippen molar-refractivity contribution in [3.8, 4) is 0 Å². The van der Waals surface area contributed by atoms with Crippen LogP contribution in [-0.2, 0) is 23.8 Å². The summed E-state index contributed by atoms with van der Waals surface area (Å²) in [6.45, 7) is 8.47. The van der Waals surface area contributed by atoms with Crippen molar-refractivity contribution in [3.05, 3.63) is 0 Å². The molecule has 0 radical (unpaired) electrons. The van der Waals surface area contributed by atoms with Crippen molar-refractivity contribution in [1.29, 1.82) is 0 Å². The maximum atomic E-state index is 11.6. The number of ether oxygens (including phenoxy) is 3. The number of carbonyl (C=O) groups excluding carboxylic acids is 2. The van der Waals surface area contributed by atoms with E-state index in [1.807, 2.05) is 6.92 Å². The first-order chi connectivity index (χ1) is 13.1. The lowest BCUT2D eigenvalue weighted by atomic mass is 10.0. The molecule has 3 N–H and O–H groups in total. The second kappa shape index (κ2) is 19.6. The molecule has 0 aromatic carbocycles. The van der Waals surface area contributed by atoms with Gasteiger partial charge in [-0.1, -0.05) is 20.3 Å². The fourth-order valence-corrected chi connectivity index (χ4v) is 2.35. The van der Waals surface area contributed by atoms with Crippen molar-refractivity contribution >= 4 is 11.8 Å². The number of hydrogen-bond donors (Lipinski definition) is 2. The first-order valence-electron chi connectivity index (χ1n) is 10.4. The summed E-state index contributed by atoms with van der Waals surface area (Å²) in [5, 5.41) is 2.85. The van der Waals surface area contributed by atoms with Gasteiger partial charge in [0.05, 0.1) is 19.8 Å². The third kappa shape index (κ3) is 19.4. The molecule has 0 aromatic heterocycles. The van der Waals surface area contributed by atoms with E-state index in [9.17, 15) is 9.59 Å². The maximum absolute atomic E-state index is 11.6. The lowest BCUT2D eigenvalue weighted by Gasteiger charge is -2.08. The first-order valence-corrected chi connectivity index (χ1v) is 10.4. The topological polar surface area (TPSA) is 99.9 Å². The summed E-state index contributed by atoms with van der Waals surface area (Å²) in [5.74, 6) is -0.377. The number of nitrogens with one attached hydrogen (secondary N) is 1. The Labute approximate surface area is 164 Å². The zero-order valence-corrected chi connectivity index (χ0v) is 17.3. The molecular formula is C20H40N2O5. The van der Waals surface area contributed by atoms with Gasteiger partial charge in [0.1, 0.15) is 0 Å². The molecule has 0 aliphatic rings. The van der Waals surface area contributed by atoms with Gasteiger partial charge >= 0.3 is 0 Å². The molecule has 0 aliphatic carbocycles. The Bertz CT molecular complexity index is 366. The lowest BCUT2D eigenvalue weighted by Crippen LogP contribution is -2.26. The SMILES string of the molecule is CCCOCCCCCOCCOCCC(=O)NCCCCC(C)C(N)=O. The highest BCUT2D eigenvalue weighted by Gasteiger charge is 2.07. The molecule has 0 fully saturated rings. The maximum Gasteiger partial charge on any atom is 0.222 e. The van der Waals surface area contributed by atoms with Crippen LogP contribution in [-0.4, -0.2) is 58.0 Å². The van der Waals surface area contributed by atoms with E-state index in [0.29, 0.717) is 32.8 Å². The molecular weight excluding hydrogens is 348 g/mol. The van der Waals surface area contributed by atoms with Crippen molar-refractivity contribution in [3.63, 3.8) is 0 Å². The minimum Gasteiger partial charge on any atom is -0.381 e. The zero-order valence-electron chi connectivity index (χ0n) is 17.3. The van der Waals surface area contributed by atoms with E-state index >= 15 is 0 Å². The molecule has 0 saturated heterocycles. The molecule has 0 heterocycles. The second-order valence-electron chi connectivity index (χ2n) is 6.80. The van der Waals surface area contributed by atoms with E-state index < -0.39 is 0 Å². The smallest absolute Gasteiger partial charge is 0.222 e. The number of amides is 2. The van der Waals surface area contributed by atoms with E-state index in [1.54, 1.807) is 0 Å². The number of rotatable bonds is 20. The van der Waals surface area contributed by atoms with Gasteiger partial charge in [-0.2, -0.15) is 0 Å². The van der Waals surface area contributed by atoms with Crippen molar-refractivity contribution in [2.75, 3.05) is 46.2 Å². The molecule has 1 unspecified atom stereocenters. The van der Waals surface area contributed by atoms with Gasteiger partial charge in [-0.3, -0.25) is 9.59 Å². The minimum atomic E-state index is -0.267. The summed E-state index contributed by atoms with van der Waals surface area (Å²) in [7, 11) is 0. The van der Waals surface area contributed by atoms with Crippen LogP contribution in [0.3, 0.4) is 0 Å². The molecule has 2 amide bonds. The molecule has 0 spiro atoms. The highest BCUT2D eigenvalue weighted by atomic mass is 16.5. The second-order valence-corrected chi connectivity index (χ2v) is 6.80. The predicted octanol–water partition coefficient (Wildman–Crippen LogP) is 2.41. The fraction of sp³-hybridized carbons (Fsp3) is 0.900. The van der Waals surface area contributed by atoms with Crippen molar-refractivity contribution in [2.45, 2.75) is 65.2 Å². The molecule has 1 atom stereocenters. The molecule has 0 saturated carbocycles. The fourth-order valence-electron chi connectivity index (χ4n) is 2.35. The van der Waals surface area contributed by atoms with Crippen LogP contribution in [0.25, 0.3) is 0 Å². The Kier molecular flexibility index (Phi) is 18.7. The van der Waals surface area contributed by atoms with Gasteiger partial charge in [-0.15, -0.1) is 0 Å². The van der Waals surface area contributed by atoms with Crippen molar-refractivity contribution < 1.29 is 23.8 Å². The normalized spacial score (nSPS) is 12.1. The van der Waals surface area contributed by atoms with Crippen LogP contribution < -0.4 is 11.1 Å². The van der Waals surface area contributed by atoms with Crippen LogP contribution in [0.2, 0.25) is 0 Å². The number of carbonyl (C=O) groups is 2. The van der Waals surface area contributed by atoms with Gasteiger partial charge in [0.2, 0.25) is 11.8 Å². The van der Waals surface area contributed by atoms with E-state index in [4.69, 9.17) is 19.9 Å². The van der Waals surface area contributed by atoms with E-state index in [0.717, 1.165) is 64.8 Å². The standard InChI is InChI=1S/C20H40N2O5/c1-3-12-25-13-7-4-8-14-26-16-17-27-15-10-19(23)22-11-6-5-9-18(2)20(21)24/h18H,3-17H2,1-2H3,(H2,21,24)(H,22,23). The van der Waals surface area contributed by atoms with E-state index in [2.05, 4.69) is 12.2 Å². The third-order valence-corrected chi connectivity index (χ3v) is 4.14. The number of hydrogen-bond acceptors (Lipinski definition) is 5. The predicted molar refractivity (Wildman–Crippen MR) is 106 cm³/mol. The highest BCUT2D eigenvalue weighted by molar-refractivity contribution is 5.76. The van der Waals surface area contributed by atoms with E-state index in [1.165, 1.54) is 0 Å². The molecule has 0 rings (SSSR count). The minimum absolute atomic E-state index is 0.0100. The lowest BCUT2D eigenvalue weighted by molar-refractivity contribution is -0.123. The van der Waals surface area contributed by atoms with Gasteiger partial charge in [0.25, 0.3) is 0 Å². The van der Waals surface area contributed by atoms with Crippen LogP contribution in [0, 0.1) is 5.92 Å². The summed E-state index contributed by atoms with van der Waals surface area (Å²) in [5.41, 5.74) is 5.20. The van der Waals surface area contributed by atoms with Crippen LogP contribution >= 0.6 is 0 Å². The van der Waals surface area contributed by atoms with E-state index in [-0.39, 0.29) is 17.7 Å². The molecule has 27 heavy (non-hydrogen) atoms. The molecule has 7 heteroatoms. The Hall–Kier alpha value is -1.18. The number of unbranched alkanes of at least 4 members (excludes halogenated alkanes) is 3. The summed E-state index contributed by atoms with van der Waals surface area (Å²) in [4.78, 5) is 22.5. The summed E-state index contributed by atoms with van der Waals surface area (Å²) >= 11 is 0. The number of nitrogens with two attached hydrogens (primary N) is 1. The Morgan fingerprint density at radius 1 is 0.852 bits per heavy atom. The van der Waals surface area contributed by atoms with Crippen LogP contribution in [0.4, 0.5) is 0 Å². The van der Waals surface area contributed by atoms with Crippen LogP contribution in [0.15, 0.2) is 0 Å². The summed E-state index contributed by atoms with van der Waals surface area (Å²) in [6.07, 6.45) is 7.16. The van der Waals surface area contributed by atoms with Crippen molar-refractivity contribution in [2.24, 2.45) is 11.7 Å². The largest absolute Gasteiger partial charge is 0.381 e. The Morgan fingerprint density at radius 2 is 1.48 bits per heavy atom. The van der Waals surface area contributed by atoms with Gasteiger partial charge in [0.15, 0.2) is 0 Å². The summed E-state index contributed by atoms with van der Waals surface area (Å²) in [6, 6.07) is 0. The van der Waals surface area contributed by atoms with Gasteiger partial charge < -0.3 is 25.3 Å². The monoisotopic (exact) mass is 388 g/mol. The van der Waals surface area contributed by atoms with Crippen LogP contribution in [0.1, 0.15) is 65.2 Å². The first kappa shape index (κ1) is 25.8. The highest BCUT2D eigenvalue weighted by Crippen LogP contribution is 2.06. The number of primary amides is 1. The average molecular weight is 389 g/mol. The van der Waals surface area contributed by atoms with Gasteiger partial charge in [-0.25, -0.2) is 0 Å². The van der Waals surface area contributed by atoms with Gasteiger partial charge in [0, 0.05) is 38.7 Å². The Balaban J connectivity index is 3.22. The molecule has 0 aliphatic heterocycles. The molecule has 7 nitrogen and oxygen atoms in total.